The van der Waals surface area contributed by atoms with Crippen molar-refractivity contribution in [1.29, 1.82) is 0 Å². The number of amides is 1. The number of para-hydroxylation sites is 1. The van der Waals surface area contributed by atoms with Crippen molar-refractivity contribution in [1.82, 2.24) is 15.1 Å². The first-order chi connectivity index (χ1) is 14.7. The second kappa shape index (κ2) is 9.00. The van der Waals surface area contributed by atoms with Crippen LogP contribution in [-0.4, -0.2) is 43.1 Å². The number of hydrogen-bond donors (Lipinski definition) is 1. The van der Waals surface area contributed by atoms with Gasteiger partial charge in [0.2, 0.25) is 0 Å². The molecule has 0 unspecified atom stereocenters. The van der Waals surface area contributed by atoms with Crippen LogP contribution < -0.4 is 14.8 Å². The molecule has 0 aliphatic carbocycles. The standard InChI is InChI=1S/C23H25N3O4/c1-28-19-10-6-9-18(22(19)29-2)23(27)24-13-20-21-17(11-12-30-20)15-26(25-21)14-16-7-4-3-5-8-16/h3-10,15,20H,11-14H2,1-2H3,(H,24,27)/t20-/m1/s1. The Hall–Kier alpha value is -3.32. The minimum atomic E-state index is -0.286. The predicted molar refractivity (Wildman–Crippen MR) is 112 cm³/mol. The monoisotopic (exact) mass is 407 g/mol. The Morgan fingerprint density at radius 3 is 2.77 bits per heavy atom. The molecule has 0 bridgehead atoms. The highest BCUT2D eigenvalue weighted by Crippen LogP contribution is 2.31. The van der Waals surface area contributed by atoms with Gasteiger partial charge in [0.15, 0.2) is 11.5 Å². The van der Waals surface area contributed by atoms with Gasteiger partial charge in [0.1, 0.15) is 6.10 Å². The molecule has 0 saturated heterocycles. The molecular formula is C23H25N3O4. The summed E-state index contributed by atoms with van der Waals surface area (Å²) in [6.45, 7) is 1.63. The Balaban J connectivity index is 1.46. The molecule has 7 nitrogen and oxygen atoms in total. The number of ether oxygens (including phenoxy) is 3. The van der Waals surface area contributed by atoms with E-state index < -0.39 is 0 Å². The molecule has 2 aromatic carbocycles. The fourth-order valence-electron chi connectivity index (χ4n) is 3.68. The molecule has 0 radical (unpaired) electrons. The minimum Gasteiger partial charge on any atom is -0.493 e. The van der Waals surface area contributed by atoms with E-state index in [0.29, 0.717) is 36.8 Å². The van der Waals surface area contributed by atoms with E-state index in [1.54, 1.807) is 25.3 Å². The van der Waals surface area contributed by atoms with Crippen molar-refractivity contribution in [3.63, 3.8) is 0 Å². The number of hydrogen-bond acceptors (Lipinski definition) is 5. The lowest BCUT2D eigenvalue weighted by molar-refractivity contribution is 0.0383. The topological polar surface area (TPSA) is 74.6 Å². The zero-order valence-electron chi connectivity index (χ0n) is 17.1. The number of nitrogens with zero attached hydrogens (tertiary/aromatic N) is 2. The smallest absolute Gasteiger partial charge is 0.255 e. The van der Waals surface area contributed by atoms with Crippen LogP contribution in [0.5, 0.6) is 11.5 Å². The van der Waals surface area contributed by atoms with Crippen LogP contribution in [0.25, 0.3) is 0 Å². The Morgan fingerprint density at radius 2 is 2.00 bits per heavy atom. The summed E-state index contributed by atoms with van der Waals surface area (Å²) >= 11 is 0. The Labute approximate surface area is 175 Å². The first-order valence-corrected chi connectivity index (χ1v) is 9.90. The maximum atomic E-state index is 12.8. The van der Waals surface area contributed by atoms with Crippen molar-refractivity contribution < 1.29 is 19.0 Å². The number of carbonyl (C=O) groups excluding carboxylic acids is 1. The fraction of sp³-hybridized carbons (Fsp3) is 0.304. The van der Waals surface area contributed by atoms with Gasteiger partial charge in [-0.2, -0.15) is 5.10 Å². The van der Waals surface area contributed by atoms with E-state index in [-0.39, 0.29) is 12.0 Å². The van der Waals surface area contributed by atoms with Gasteiger partial charge in [-0.25, -0.2) is 0 Å². The van der Waals surface area contributed by atoms with Crippen LogP contribution in [-0.2, 0) is 17.7 Å². The summed E-state index contributed by atoms with van der Waals surface area (Å²) in [4.78, 5) is 12.8. The summed E-state index contributed by atoms with van der Waals surface area (Å²) in [6.07, 6.45) is 2.61. The molecule has 4 rings (SSSR count). The number of rotatable bonds is 7. The molecule has 0 saturated carbocycles. The van der Waals surface area contributed by atoms with Gasteiger partial charge in [-0.05, 0) is 29.7 Å². The van der Waals surface area contributed by atoms with Gasteiger partial charge in [0.05, 0.1) is 38.6 Å². The molecule has 1 atom stereocenters. The number of benzene rings is 2. The molecular weight excluding hydrogens is 382 g/mol. The van der Waals surface area contributed by atoms with Crippen LogP contribution in [0.3, 0.4) is 0 Å². The van der Waals surface area contributed by atoms with Crippen LogP contribution in [0.4, 0.5) is 0 Å². The number of nitrogens with one attached hydrogen (secondary N) is 1. The van der Waals surface area contributed by atoms with Crippen molar-refractivity contribution in [2.45, 2.75) is 19.1 Å². The van der Waals surface area contributed by atoms with Crippen molar-refractivity contribution >= 4 is 5.91 Å². The van der Waals surface area contributed by atoms with E-state index in [1.165, 1.54) is 12.7 Å². The van der Waals surface area contributed by atoms with Gasteiger partial charge >= 0.3 is 0 Å². The van der Waals surface area contributed by atoms with Gasteiger partial charge in [0, 0.05) is 12.7 Å². The van der Waals surface area contributed by atoms with E-state index >= 15 is 0 Å². The average molecular weight is 407 g/mol. The SMILES string of the molecule is COc1cccc(C(=O)NC[C@H]2OCCc3cn(Cc4ccccc4)nc32)c1OC. The van der Waals surface area contributed by atoms with E-state index in [4.69, 9.17) is 19.3 Å². The largest absolute Gasteiger partial charge is 0.493 e. The maximum Gasteiger partial charge on any atom is 0.255 e. The van der Waals surface area contributed by atoms with Gasteiger partial charge in [-0.3, -0.25) is 9.48 Å². The molecule has 7 heteroatoms. The van der Waals surface area contributed by atoms with Gasteiger partial charge in [-0.15, -0.1) is 0 Å². The van der Waals surface area contributed by atoms with Gasteiger partial charge < -0.3 is 19.5 Å². The molecule has 156 valence electrons. The van der Waals surface area contributed by atoms with Crippen LogP contribution >= 0.6 is 0 Å². The molecule has 0 fully saturated rings. The molecule has 3 aromatic rings. The van der Waals surface area contributed by atoms with Crippen LogP contribution in [0.15, 0.2) is 54.7 Å². The number of aromatic nitrogens is 2. The quantitative estimate of drug-likeness (QED) is 0.652. The number of carbonyl (C=O) groups is 1. The van der Waals surface area contributed by atoms with Crippen molar-refractivity contribution in [2.75, 3.05) is 27.4 Å². The van der Waals surface area contributed by atoms with Gasteiger partial charge in [-0.1, -0.05) is 36.4 Å². The lowest BCUT2D eigenvalue weighted by atomic mass is 10.1. The molecule has 30 heavy (non-hydrogen) atoms. The van der Waals surface area contributed by atoms with Crippen molar-refractivity contribution in [3.05, 3.63) is 77.1 Å². The Kier molecular flexibility index (Phi) is 5.99. The van der Waals surface area contributed by atoms with Crippen LogP contribution in [0, 0.1) is 0 Å². The zero-order chi connectivity index (χ0) is 20.9. The van der Waals surface area contributed by atoms with E-state index in [2.05, 4.69) is 23.6 Å². The number of methoxy groups -OCH3 is 2. The summed E-state index contributed by atoms with van der Waals surface area (Å²) in [7, 11) is 3.06. The molecule has 1 N–H and O–H groups in total. The molecule has 2 heterocycles. The first-order valence-electron chi connectivity index (χ1n) is 9.90. The van der Waals surface area contributed by atoms with Crippen LogP contribution in [0.2, 0.25) is 0 Å². The molecule has 1 aromatic heterocycles. The third kappa shape index (κ3) is 4.16. The van der Waals surface area contributed by atoms with Gasteiger partial charge in [0.25, 0.3) is 5.91 Å². The minimum absolute atomic E-state index is 0.245. The molecule has 1 amide bonds. The molecule has 1 aliphatic heterocycles. The Bertz CT molecular complexity index is 1020. The summed E-state index contributed by atoms with van der Waals surface area (Å²) in [5.41, 5.74) is 3.65. The zero-order valence-corrected chi connectivity index (χ0v) is 17.1. The van der Waals surface area contributed by atoms with Crippen molar-refractivity contribution in [3.8, 4) is 11.5 Å². The lowest BCUT2D eigenvalue weighted by Gasteiger charge is -2.22. The number of fused-ring (bicyclic) bond motifs is 1. The maximum absolute atomic E-state index is 12.8. The fourth-order valence-corrected chi connectivity index (χ4v) is 3.68. The summed E-state index contributed by atoms with van der Waals surface area (Å²) in [5, 5.41) is 7.68. The second-order valence-electron chi connectivity index (χ2n) is 7.08. The predicted octanol–water partition coefficient (Wildman–Crippen LogP) is 2.99. The van der Waals surface area contributed by atoms with Crippen LogP contribution in [0.1, 0.15) is 33.3 Å². The third-order valence-corrected chi connectivity index (χ3v) is 5.15. The first kappa shape index (κ1) is 20.0. The lowest BCUT2D eigenvalue weighted by Crippen LogP contribution is -2.32. The van der Waals surface area contributed by atoms with E-state index in [1.807, 2.05) is 22.9 Å². The Morgan fingerprint density at radius 1 is 1.17 bits per heavy atom. The second-order valence-corrected chi connectivity index (χ2v) is 7.08. The summed E-state index contributed by atoms with van der Waals surface area (Å²) in [6, 6.07) is 15.4. The highest BCUT2D eigenvalue weighted by molar-refractivity contribution is 5.97. The highest BCUT2D eigenvalue weighted by atomic mass is 16.5. The highest BCUT2D eigenvalue weighted by Gasteiger charge is 2.26. The molecule has 0 spiro atoms. The van der Waals surface area contributed by atoms with Crippen molar-refractivity contribution in [2.24, 2.45) is 0 Å². The van der Waals surface area contributed by atoms with E-state index in [0.717, 1.165) is 17.7 Å². The third-order valence-electron chi connectivity index (χ3n) is 5.15. The normalized spacial score (nSPS) is 15.3. The van der Waals surface area contributed by atoms with E-state index in [9.17, 15) is 4.79 Å². The summed E-state index contributed by atoms with van der Waals surface area (Å²) < 4.78 is 18.5. The summed E-state index contributed by atoms with van der Waals surface area (Å²) in [5.74, 6) is 0.682. The molecule has 1 aliphatic rings. The average Bonchev–Trinajstić information content (AvgIpc) is 3.20.